The molecule has 0 aliphatic carbocycles. The van der Waals surface area contributed by atoms with Gasteiger partial charge in [-0.2, -0.15) is 0 Å². The lowest BCUT2D eigenvalue weighted by molar-refractivity contribution is 0.102. The highest BCUT2D eigenvalue weighted by Gasteiger charge is 2.13. The lowest BCUT2D eigenvalue weighted by Gasteiger charge is -2.09. The first-order valence-corrected chi connectivity index (χ1v) is 6.08. The predicted molar refractivity (Wildman–Crippen MR) is 72.9 cm³/mol. The topological polar surface area (TPSA) is 55.1 Å². The van der Waals surface area contributed by atoms with Gasteiger partial charge in [0.1, 0.15) is 11.6 Å². The Morgan fingerprint density at radius 3 is 2.63 bits per heavy atom. The third kappa shape index (κ3) is 3.08. The molecule has 0 unspecified atom stereocenters. The van der Waals surface area contributed by atoms with Crippen LogP contribution in [0.5, 0.6) is 0 Å². The summed E-state index contributed by atoms with van der Waals surface area (Å²) in [6.07, 6.45) is 0. The second-order valence-electron chi connectivity index (χ2n) is 3.81. The van der Waals surface area contributed by atoms with E-state index < -0.39 is 17.5 Å². The largest absolute Gasteiger partial charge is 0.397 e. The minimum absolute atomic E-state index is 0.101. The van der Waals surface area contributed by atoms with Crippen molar-refractivity contribution in [3.63, 3.8) is 0 Å². The average Bonchev–Trinajstić information content (AvgIpc) is 2.36. The minimum atomic E-state index is -0.698. The van der Waals surface area contributed by atoms with Crippen molar-refractivity contribution in [3.8, 4) is 0 Å². The Bertz CT molecular complexity index is 647. The van der Waals surface area contributed by atoms with Crippen LogP contribution in [0.2, 0.25) is 0 Å². The number of nitrogens with one attached hydrogen (secondary N) is 1. The monoisotopic (exact) mass is 326 g/mol. The van der Waals surface area contributed by atoms with Gasteiger partial charge in [0.05, 0.1) is 16.9 Å². The normalized spacial score (nSPS) is 10.3. The molecule has 0 spiro atoms. The Labute approximate surface area is 116 Å². The molecule has 98 valence electrons. The Morgan fingerprint density at radius 2 is 1.89 bits per heavy atom. The van der Waals surface area contributed by atoms with Crippen LogP contribution in [0.25, 0.3) is 0 Å². The molecule has 6 heteroatoms. The molecule has 2 aromatic rings. The van der Waals surface area contributed by atoms with Crippen molar-refractivity contribution in [1.82, 2.24) is 0 Å². The third-order valence-corrected chi connectivity index (χ3v) is 2.93. The van der Waals surface area contributed by atoms with Gasteiger partial charge in [0.25, 0.3) is 5.91 Å². The fourth-order valence-electron chi connectivity index (χ4n) is 1.50. The quantitative estimate of drug-likeness (QED) is 0.829. The van der Waals surface area contributed by atoms with Crippen molar-refractivity contribution in [2.45, 2.75) is 0 Å². The third-order valence-electron chi connectivity index (χ3n) is 2.44. The van der Waals surface area contributed by atoms with E-state index >= 15 is 0 Å². The Kier molecular flexibility index (Phi) is 3.80. The van der Waals surface area contributed by atoms with E-state index in [9.17, 15) is 13.6 Å². The van der Waals surface area contributed by atoms with Crippen molar-refractivity contribution < 1.29 is 13.6 Å². The highest BCUT2D eigenvalue weighted by molar-refractivity contribution is 9.10. The smallest absolute Gasteiger partial charge is 0.258 e. The van der Waals surface area contributed by atoms with Gasteiger partial charge < -0.3 is 11.1 Å². The van der Waals surface area contributed by atoms with E-state index in [1.807, 2.05) is 0 Å². The van der Waals surface area contributed by atoms with Crippen molar-refractivity contribution >= 4 is 33.2 Å². The molecule has 0 saturated carbocycles. The minimum Gasteiger partial charge on any atom is -0.397 e. The summed E-state index contributed by atoms with van der Waals surface area (Å²) in [7, 11) is 0. The van der Waals surface area contributed by atoms with Gasteiger partial charge in [-0.15, -0.1) is 0 Å². The van der Waals surface area contributed by atoms with E-state index in [0.717, 1.165) is 12.1 Å². The van der Waals surface area contributed by atoms with Crippen molar-refractivity contribution in [2.75, 3.05) is 11.1 Å². The van der Waals surface area contributed by atoms with E-state index in [4.69, 9.17) is 5.73 Å². The molecular formula is C13H9BrF2N2O. The van der Waals surface area contributed by atoms with Gasteiger partial charge in [0.15, 0.2) is 0 Å². The fraction of sp³-hybridized carbons (Fsp3) is 0. The zero-order chi connectivity index (χ0) is 14.0. The summed E-state index contributed by atoms with van der Waals surface area (Å²) in [6, 6.07) is 7.53. The number of nitrogens with two attached hydrogens (primary N) is 1. The molecular weight excluding hydrogens is 318 g/mol. The molecule has 0 saturated heterocycles. The molecule has 0 atom stereocenters. The molecule has 0 heterocycles. The molecule has 3 N–H and O–H groups in total. The number of rotatable bonds is 2. The van der Waals surface area contributed by atoms with Crippen LogP contribution in [0.3, 0.4) is 0 Å². The van der Waals surface area contributed by atoms with Gasteiger partial charge in [-0.05, 0) is 36.4 Å². The van der Waals surface area contributed by atoms with Crippen LogP contribution < -0.4 is 11.1 Å². The average molecular weight is 327 g/mol. The standard InChI is InChI=1S/C13H9BrF2N2O/c14-7-1-3-10(16)9(5-7)13(19)18-12-6-8(15)2-4-11(12)17/h1-6H,17H2,(H,18,19). The Hall–Kier alpha value is -1.95. The van der Waals surface area contributed by atoms with Gasteiger partial charge in [-0.25, -0.2) is 8.78 Å². The molecule has 2 aromatic carbocycles. The highest BCUT2D eigenvalue weighted by atomic mass is 79.9. The van der Waals surface area contributed by atoms with Crippen LogP contribution in [0.4, 0.5) is 20.2 Å². The van der Waals surface area contributed by atoms with Crippen LogP contribution >= 0.6 is 15.9 Å². The second-order valence-corrected chi connectivity index (χ2v) is 4.73. The lowest BCUT2D eigenvalue weighted by Crippen LogP contribution is -2.15. The summed E-state index contributed by atoms with van der Waals surface area (Å²) in [5.74, 6) is -1.91. The maximum atomic E-state index is 13.5. The van der Waals surface area contributed by atoms with E-state index in [-0.39, 0.29) is 16.9 Å². The molecule has 2 rings (SSSR count). The van der Waals surface area contributed by atoms with Gasteiger partial charge in [0, 0.05) is 4.47 Å². The van der Waals surface area contributed by atoms with E-state index in [2.05, 4.69) is 21.2 Å². The first-order valence-electron chi connectivity index (χ1n) is 5.29. The summed E-state index contributed by atoms with van der Waals surface area (Å²) < 4.78 is 27.1. The van der Waals surface area contributed by atoms with E-state index in [1.165, 1.54) is 24.3 Å². The Balaban J connectivity index is 2.30. The molecule has 1 amide bonds. The zero-order valence-corrected chi connectivity index (χ0v) is 11.2. The molecule has 0 aliphatic rings. The number of carbonyl (C=O) groups is 1. The first kappa shape index (κ1) is 13.5. The van der Waals surface area contributed by atoms with Gasteiger partial charge >= 0.3 is 0 Å². The van der Waals surface area contributed by atoms with Crippen LogP contribution in [0.1, 0.15) is 10.4 Å². The lowest BCUT2D eigenvalue weighted by atomic mass is 10.2. The van der Waals surface area contributed by atoms with Gasteiger partial charge in [-0.3, -0.25) is 4.79 Å². The molecule has 0 aromatic heterocycles. The van der Waals surface area contributed by atoms with Gasteiger partial charge in [0.2, 0.25) is 0 Å². The van der Waals surface area contributed by atoms with E-state index in [1.54, 1.807) is 0 Å². The molecule has 0 radical (unpaired) electrons. The molecule has 0 fully saturated rings. The van der Waals surface area contributed by atoms with Crippen LogP contribution in [0, 0.1) is 11.6 Å². The number of hydrogen-bond donors (Lipinski definition) is 2. The number of anilines is 2. The van der Waals surface area contributed by atoms with Crippen LogP contribution in [-0.4, -0.2) is 5.91 Å². The molecule has 0 aliphatic heterocycles. The fourth-order valence-corrected chi connectivity index (χ4v) is 1.86. The van der Waals surface area contributed by atoms with Crippen molar-refractivity contribution in [3.05, 3.63) is 58.1 Å². The van der Waals surface area contributed by atoms with Crippen molar-refractivity contribution in [1.29, 1.82) is 0 Å². The zero-order valence-electron chi connectivity index (χ0n) is 9.58. The highest BCUT2D eigenvalue weighted by Crippen LogP contribution is 2.22. The Morgan fingerprint density at radius 1 is 1.16 bits per heavy atom. The van der Waals surface area contributed by atoms with Crippen molar-refractivity contribution in [2.24, 2.45) is 0 Å². The first-order chi connectivity index (χ1) is 8.97. The number of halogens is 3. The SMILES string of the molecule is Nc1ccc(F)cc1NC(=O)c1cc(Br)ccc1F. The predicted octanol–water partition coefficient (Wildman–Crippen LogP) is 3.56. The maximum Gasteiger partial charge on any atom is 0.258 e. The summed E-state index contributed by atoms with van der Waals surface area (Å²) in [6.45, 7) is 0. The number of benzene rings is 2. The van der Waals surface area contributed by atoms with E-state index in [0.29, 0.717) is 4.47 Å². The summed E-state index contributed by atoms with van der Waals surface area (Å²) >= 11 is 3.14. The summed E-state index contributed by atoms with van der Waals surface area (Å²) in [4.78, 5) is 11.9. The van der Waals surface area contributed by atoms with Crippen LogP contribution in [-0.2, 0) is 0 Å². The van der Waals surface area contributed by atoms with Crippen LogP contribution in [0.15, 0.2) is 40.9 Å². The molecule has 3 nitrogen and oxygen atoms in total. The summed E-state index contributed by atoms with van der Waals surface area (Å²) in [5, 5.41) is 2.37. The number of amides is 1. The van der Waals surface area contributed by atoms with Gasteiger partial charge in [-0.1, -0.05) is 15.9 Å². The number of nitrogen functional groups attached to an aromatic ring is 1. The molecule has 19 heavy (non-hydrogen) atoms. The number of hydrogen-bond acceptors (Lipinski definition) is 2. The maximum absolute atomic E-state index is 13.5. The summed E-state index contributed by atoms with van der Waals surface area (Å²) in [5.41, 5.74) is 5.75. The second kappa shape index (κ2) is 5.36. The number of carbonyl (C=O) groups excluding carboxylic acids is 1. The molecule has 0 bridgehead atoms.